The third-order valence-electron chi connectivity index (χ3n) is 3.03. The van der Waals surface area contributed by atoms with Gasteiger partial charge >= 0.3 is 0 Å². The first-order valence-corrected chi connectivity index (χ1v) is 7.70. The predicted molar refractivity (Wildman–Crippen MR) is 83.2 cm³/mol. The molecule has 0 aromatic heterocycles. The molecule has 0 spiro atoms. The molecule has 0 saturated heterocycles. The monoisotopic (exact) mass is 307 g/mol. The van der Waals surface area contributed by atoms with Crippen molar-refractivity contribution in [2.45, 2.75) is 11.8 Å². The molecule has 5 N–H and O–H groups in total. The molecule has 112 valence electrons. The number of nitrogen functional groups attached to an aromatic ring is 1. The lowest BCUT2D eigenvalue weighted by Gasteiger charge is -2.12. The molecular formula is C14H17N3O3S. The van der Waals surface area contributed by atoms with Gasteiger partial charge in [-0.25, -0.2) is 13.6 Å². The molecule has 0 radical (unpaired) electrons. The number of nitrogens with two attached hydrogens (primary N) is 2. The molecule has 0 saturated carbocycles. The SMILES string of the molecule is COc1ccc(Nc2ccc(S(N)(=O)=O)c(N)c2)c(C)c1. The third-order valence-corrected chi connectivity index (χ3v) is 4.01. The zero-order chi connectivity index (χ0) is 15.6. The van der Waals surface area contributed by atoms with E-state index in [2.05, 4.69) is 5.32 Å². The van der Waals surface area contributed by atoms with Crippen LogP contribution in [-0.2, 0) is 10.0 Å². The Kier molecular flexibility index (Phi) is 4.06. The molecule has 0 amide bonds. The first-order valence-electron chi connectivity index (χ1n) is 6.15. The number of ether oxygens (including phenoxy) is 1. The predicted octanol–water partition coefficient (Wildman–Crippen LogP) is 1.98. The van der Waals surface area contributed by atoms with Crippen LogP contribution in [0.1, 0.15) is 5.56 Å². The summed E-state index contributed by atoms with van der Waals surface area (Å²) in [6, 6.07) is 10.1. The molecule has 0 fully saturated rings. The van der Waals surface area contributed by atoms with E-state index in [1.54, 1.807) is 13.2 Å². The molecule has 0 aliphatic heterocycles. The summed E-state index contributed by atoms with van der Waals surface area (Å²) < 4.78 is 27.8. The summed E-state index contributed by atoms with van der Waals surface area (Å²) in [6.07, 6.45) is 0. The molecule has 0 aliphatic rings. The van der Waals surface area contributed by atoms with Gasteiger partial charge in [-0.3, -0.25) is 0 Å². The van der Waals surface area contributed by atoms with Crippen molar-refractivity contribution in [3.05, 3.63) is 42.0 Å². The van der Waals surface area contributed by atoms with Crippen LogP contribution in [-0.4, -0.2) is 15.5 Å². The Hall–Kier alpha value is -2.25. The highest BCUT2D eigenvalue weighted by atomic mass is 32.2. The van der Waals surface area contributed by atoms with E-state index >= 15 is 0 Å². The fourth-order valence-electron chi connectivity index (χ4n) is 1.94. The molecular weight excluding hydrogens is 290 g/mol. The second-order valence-corrected chi connectivity index (χ2v) is 6.13. The highest BCUT2D eigenvalue weighted by Gasteiger charge is 2.12. The fourth-order valence-corrected chi connectivity index (χ4v) is 2.59. The van der Waals surface area contributed by atoms with Crippen LogP contribution in [0.5, 0.6) is 5.75 Å². The van der Waals surface area contributed by atoms with E-state index in [0.29, 0.717) is 5.69 Å². The van der Waals surface area contributed by atoms with Gasteiger partial charge in [0.25, 0.3) is 0 Å². The minimum absolute atomic E-state index is 0.0838. The summed E-state index contributed by atoms with van der Waals surface area (Å²) in [5.41, 5.74) is 8.37. The lowest BCUT2D eigenvalue weighted by Crippen LogP contribution is -2.14. The standard InChI is InChI=1S/C14H17N3O3S/c1-9-7-11(20-2)4-5-13(9)17-10-3-6-14(12(15)8-10)21(16,18)19/h3-8,17H,15H2,1-2H3,(H2,16,18,19). The van der Waals surface area contributed by atoms with Gasteiger partial charge < -0.3 is 15.8 Å². The lowest BCUT2D eigenvalue weighted by molar-refractivity contribution is 0.414. The first-order chi connectivity index (χ1) is 9.81. The van der Waals surface area contributed by atoms with Gasteiger partial charge in [0.1, 0.15) is 10.6 Å². The summed E-state index contributed by atoms with van der Waals surface area (Å²) >= 11 is 0. The molecule has 6 nitrogen and oxygen atoms in total. The average molecular weight is 307 g/mol. The quantitative estimate of drug-likeness (QED) is 0.749. The number of hydrogen-bond acceptors (Lipinski definition) is 5. The molecule has 2 aromatic rings. The van der Waals surface area contributed by atoms with Gasteiger partial charge in [0.2, 0.25) is 10.0 Å². The molecule has 0 aliphatic carbocycles. The molecule has 0 unspecified atom stereocenters. The van der Waals surface area contributed by atoms with E-state index in [9.17, 15) is 8.42 Å². The largest absolute Gasteiger partial charge is 0.497 e. The van der Waals surface area contributed by atoms with E-state index in [-0.39, 0.29) is 10.6 Å². The van der Waals surface area contributed by atoms with Crippen molar-refractivity contribution < 1.29 is 13.2 Å². The lowest BCUT2D eigenvalue weighted by atomic mass is 10.1. The summed E-state index contributed by atoms with van der Waals surface area (Å²) in [7, 11) is -2.20. The van der Waals surface area contributed by atoms with Gasteiger partial charge in [0, 0.05) is 11.4 Å². The number of aryl methyl sites for hydroxylation is 1. The summed E-state index contributed by atoms with van der Waals surface area (Å²) in [4.78, 5) is -0.0838. The normalized spacial score (nSPS) is 11.2. The molecule has 21 heavy (non-hydrogen) atoms. The summed E-state index contributed by atoms with van der Waals surface area (Å²) in [5.74, 6) is 0.766. The van der Waals surface area contributed by atoms with Crippen molar-refractivity contribution in [1.29, 1.82) is 0 Å². The Morgan fingerprint density at radius 1 is 1.14 bits per heavy atom. The van der Waals surface area contributed by atoms with E-state index in [4.69, 9.17) is 15.6 Å². The molecule has 2 rings (SSSR count). The van der Waals surface area contributed by atoms with Crippen molar-refractivity contribution in [3.63, 3.8) is 0 Å². The van der Waals surface area contributed by atoms with Crippen LogP contribution in [0, 0.1) is 6.92 Å². The highest BCUT2D eigenvalue weighted by Crippen LogP contribution is 2.27. The van der Waals surface area contributed by atoms with Gasteiger partial charge in [0.05, 0.1) is 12.8 Å². The van der Waals surface area contributed by atoms with Crippen molar-refractivity contribution in [3.8, 4) is 5.75 Å². The average Bonchev–Trinajstić information content (AvgIpc) is 2.39. The van der Waals surface area contributed by atoms with Crippen LogP contribution in [0.3, 0.4) is 0 Å². The maximum absolute atomic E-state index is 11.3. The third kappa shape index (κ3) is 3.45. The minimum Gasteiger partial charge on any atom is -0.497 e. The number of methoxy groups -OCH3 is 1. The number of anilines is 3. The fraction of sp³-hybridized carbons (Fsp3) is 0.143. The number of sulfonamides is 1. The maximum Gasteiger partial charge on any atom is 0.240 e. The topological polar surface area (TPSA) is 107 Å². The second-order valence-electron chi connectivity index (χ2n) is 4.60. The number of nitrogens with one attached hydrogen (secondary N) is 1. The Morgan fingerprint density at radius 2 is 1.86 bits per heavy atom. The molecule has 2 aromatic carbocycles. The van der Waals surface area contributed by atoms with Crippen LogP contribution < -0.4 is 20.9 Å². The number of rotatable bonds is 4. The Bertz CT molecular complexity index is 773. The van der Waals surface area contributed by atoms with Gasteiger partial charge in [-0.2, -0.15) is 0 Å². The number of benzene rings is 2. The van der Waals surface area contributed by atoms with E-state index in [1.165, 1.54) is 12.1 Å². The second kappa shape index (κ2) is 5.63. The first kappa shape index (κ1) is 15.1. The molecule has 0 bridgehead atoms. The van der Waals surface area contributed by atoms with Crippen LogP contribution in [0.15, 0.2) is 41.3 Å². The van der Waals surface area contributed by atoms with Crippen molar-refractivity contribution in [2.75, 3.05) is 18.2 Å². The maximum atomic E-state index is 11.3. The highest BCUT2D eigenvalue weighted by molar-refractivity contribution is 7.89. The van der Waals surface area contributed by atoms with Crippen LogP contribution >= 0.6 is 0 Å². The Labute approximate surface area is 123 Å². The van der Waals surface area contributed by atoms with Crippen LogP contribution in [0.2, 0.25) is 0 Å². The molecule has 0 atom stereocenters. The van der Waals surface area contributed by atoms with Gasteiger partial charge in [-0.1, -0.05) is 0 Å². The molecule has 0 heterocycles. The van der Waals surface area contributed by atoms with Gasteiger partial charge in [0.15, 0.2) is 0 Å². The zero-order valence-electron chi connectivity index (χ0n) is 11.8. The Morgan fingerprint density at radius 3 is 2.38 bits per heavy atom. The van der Waals surface area contributed by atoms with Crippen molar-refractivity contribution in [1.82, 2.24) is 0 Å². The summed E-state index contributed by atoms with van der Waals surface area (Å²) in [6.45, 7) is 1.94. The zero-order valence-corrected chi connectivity index (χ0v) is 12.6. The smallest absolute Gasteiger partial charge is 0.240 e. The number of primary sulfonamides is 1. The van der Waals surface area contributed by atoms with E-state index in [1.807, 2.05) is 25.1 Å². The van der Waals surface area contributed by atoms with Gasteiger partial charge in [-0.05, 0) is 48.9 Å². The van der Waals surface area contributed by atoms with Crippen LogP contribution in [0.4, 0.5) is 17.1 Å². The minimum atomic E-state index is -3.81. The van der Waals surface area contributed by atoms with E-state index in [0.717, 1.165) is 17.0 Å². The summed E-state index contributed by atoms with van der Waals surface area (Å²) in [5, 5.41) is 8.25. The van der Waals surface area contributed by atoms with Crippen molar-refractivity contribution >= 4 is 27.1 Å². The van der Waals surface area contributed by atoms with E-state index < -0.39 is 10.0 Å². The van der Waals surface area contributed by atoms with Crippen molar-refractivity contribution in [2.24, 2.45) is 5.14 Å². The van der Waals surface area contributed by atoms with Gasteiger partial charge in [-0.15, -0.1) is 0 Å². The number of hydrogen-bond donors (Lipinski definition) is 3. The Balaban J connectivity index is 2.31. The molecule has 7 heteroatoms. The van der Waals surface area contributed by atoms with Crippen LogP contribution in [0.25, 0.3) is 0 Å².